The van der Waals surface area contributed by atoms with Gasteiger partial charge in [0, 0.05) is 0 Å². The van der Waals surface area contributed by atoms with E-state index in [2.05, 4.69) is 5.32 Å². The van der Waals surface area contributed by atoms with E-state index >= 15 is 0 Å². The van der Waals surface area contributed by atoms with Crippen molar-refractivity contribution in [1.82, 2.24) is 5.32 Å². The Labute approximate surface area is 316 Å². The first-order chi connectivity index (χ1) is 26.1. The molecule has 0 aromatic heterocycles. The molecule has 1 fully saturated rings. The summed E-state index contributed by atoms with van der Waals surface area (Å²) < 4.78 is 95.1. The summed E-state index contributed by atoms with van der Waals surface area (Å²) in [5.74, 6) is 0. The van der Waals surface area contributed by atoms with Crippen LogP contribution in [0, 0.1) is 6.92 Å². The highest BCUT2D eigenvalue weighted by atomic mass is 32.2. The van der Waals surface area contributed by atoms with Crippen LogP contribution in [0.3, 0.4) is 0 Å². The topological polar surface area (TPSA) is 166 Å². The lowest BCUT2D eigenvalue weighted by atomic mass is 10.1. The summed E-state index contributed by atoms with van der Waals surface area (Å²) in [5, 5.41) is 3.33. The van der Waals surface area contributed by atoms with Crippen LogP contribution in [-0.4, -0.2) is 186 Å². The van der Waals surface area contributed by atoms with Crippen molar-refractivity contribution in [3.63, 3.8) is 0 Å². The minimum absolute atomic E-state index is 0.0604. The van der Waals surface area contributed by atoms with Crippen LogP contribution in [0.1, 0.15) is 18.4 Å². The molecular weight excluding hydrogens is 718 g/mol. The number of nitrogens with one attached hydrogen (secondary N) is 1. The Bertz CT molecular complexity index is 1030. The van der Waals surface area contributed by atoms with Gasteiger partial charge in [-0.15, -0.1) is 0 Å². The van der Waals surface area contributed by atoms with Crippen LogP contribution >= 0.6 is 0 Å². The molecule has 1 saturated heterocycles. The van der Waals surface area contributed by atoms with Gasteiger partial charge in [-0.05, 0) is 45.0 Å². The number of aryl methyl sites for hydroxylation is 1. The quantitative estimate of drug-likeness (QED) is 0.0756. The molecule has 1 N–H and O–H groups in total. The Morgan fingerprint density at radius 1 is 0.453 bits per heavy atom. The van der Waals surface area contributed by atoms with Crippen molar-refractivity contribution >= 4 is 10.1 Å². The van der Waals surface area contributed by atoms with Gasteiger partial charge in [-0.3, -0.25) is 4.18 Å². The number of benzene rings is 1. The molecule has 0 unspecified atom stereocenters. The molecule has 1 aromatic carbocycles. The molecule has 0 atom stereocenters. The first-order valence-corrected chi connectivity index (χ1v) is 20.1. The normalized spacial score (nSPS) is 14.0. The van der Waals surface area contributed by atoms with E-state index in [0.29, 0.717) is 151 Å². The average molecular weight is 784 g/mol. The van der Waals surface area contributed by atoms with Crippen molar-refractivity contribution in [2.75, 3.05) is 172 Å². The molecule has 1 heterocycles. The molecule has 0 bridgehead atoms. The summed E-state index contributed by atoms with van der Waals surface area (Å²) in [4.78, 5) is 0.128. The van der Waals surface area contributed by atoms with Crippen LogP contribution in [0.25, 0.3) is 0 Å². The Balaban J connectivity index is 1.15. The number of hydrogen-bond acceptors (Lipinski definition) is 16. The number of piperidine rings is 1. The predicted octanol–water partition coefficient (Wildman–Crippen LogP) is 1.65. The Morgan fingerprint density at radius 3 is 1.06 bits per heavy atom. The zero-order chi connectivity index (χ0) is 37.8. The largest absolute Gasteiger partial charge is 0.377 e. The molecule has 1 aliphatic heterocycles. The predicted molar refractivity (Wildman–Crippen MR) is 195 cm³/mol. The Hall–Kier alpha value is -1.39. The van der Waals surface area contributed by atoms with E-state index in [4.69, 9.17) is 61.0 Å². The summed E-state index contributed by atoms with van der Waals surface area (Å²) in [5.41, 5.74) is 0.975. The van der Waals surface area contributed by atoms with Gasteiger partial charge in [0.15, 0.2) is 0 Å². The molecule has 16 nitrogen and oxygen atoms in total. The van der Waals surface area contributed by atoms with E-state index in [-0.39, 0.29) is 18.1 Å². The molecule has 2 rings (SSSR count). The average Bonchev–Trinajstić information content (AvgIpc) is 3.16. The minimum atomic E-state index is -3.78. The van der Waals surface area contributed by atoms with Gasteiger partial charge < -0.3 is 62.2 Å². The van der Waals surface area contributed by atoms with Gasteiger partial charge in [-0.2, -0.15) is 8.42 Å². The second kappa shape index (κ2) is 35.1. The van der Waals surface area contributed by atoms with Crippen LogP contribution < -0.4 is 5.32 Å². The van der Waals surface area contributed by atoms with Crippen molar-refractivity contribution < 1.29 is 69.4 Å². The zero-order valence-electron chi connectivity index (χ0n) is 31.7. The fourth-order valence-corrected chi connectivity index (χ4v) is 5.41. The summed E-state index contributed by atoms with van der Waals surface area (Å²) in [6, 6.07) is 6.48. The van der Waals surface area contributed by atoms with Crippen molar-refractivity contribution in [3.8, 4) is 0 Å². The SMILES string of the molecule is Cc1ccc(S(=O)(=O)OCCOCCOCCOCCOCCOCCOCCOCCOCCOCCOCCOCCOC2CCNCC2)cc1. The van der Waals surface area contributed by atoms with Crippen molar-refractivity contribution in [1.29, 1.82) is 0 Å². The molecule has 1 aromatic rings. The lowest BCUT2D eigenvalue weighted by Gasteiger charge is -2.22. The van der Waals surface area contributed by atoms with E-state index < -0.39 is 10.1 Å². The molecule has 17 heteroatoms. The first-order valence-electron chi connectivity index (χ1n) is 18.7. The molecule has 53 heavy (non-hydrogen) atoms. The third-order valence-corrected chi connectivity index (χ3v) is 8.69. The van der Waals surface area contributed by atoms with Crippen LogP contribution in [0.4, 0.5) is 0 Å². The Kier molecular flexibility index (Phi) is 31.6. The van der Waals surface area contributed by atoms with E-state index in [1.54, 1.807) is 12.1 Å². The molecular formula is C36H65NO15S. The monoisotopic (exact) mass is 783 g/mol. The van der Waals surface area contributed by atoms with E-state index in [0.717, 1.165) is 31.5 Å². The molecule has 0 radical (unpaired) electrons. The summed E-state index contributed by atoms with van der Waals surface area (Å²) in [6.07, 6.45) is 2.51. The molecule has 0 amide bonds. The van der Waals surface area contributed by atoms with Gasteiger partial charge in [0.1, 0.15) is 0 Å². The lowest BCUT2D eigenvalue weighted by molar-refractivity contribution is -0.0326. The number of hydrogen-bond donors (Lipinski definition) is 1. The number of ether oxygens (including phenoxy) is 12. The third kappa shape index (κ3) is 29.6. The summed E-state index contributed by atoms with van der Waals surface area (Å²) in [7, 11) is -3.78. The van der Waals surface area contributed by atoms with E-state index in [1.165, 1.54) is 12.1 Å². The highest BCUT2D eigenvalue weighted by Gasteiger charge is 2.14. The maximum absolute atomic E-state index is 12.1. The number of rotatable bonds is 39. The van der Waals surface area contributed by atoms with Crippen LogP contribution in [0.2, 0.25) is 0 Å². The van der Waals surface area contributed by atoms with Gasteiger partial charge in [-0.25, -0.2) is 0 Å². The van der Waals surface area contributed by atoms with Gasteiger partial charge in [-0.1, -0.05) is 17.7 Å². The van der Waals surface area contributed by atoms with Crippen molar-refractivity contribution in [3.05, 3.63) is 29.8 Å². The van der Waals surface area contributed by atoms with Crippen molar-refractivity contribution in [2.24, 2.45) is 0 Å². The molecule has 0 saturated carbocycles. The zero-order valence-corrected chi connectivity index (χ0v) is 32.5. The maximum atomic E-state index is 12.1. The van der Waals surface area contributed by atoms with Gasteiger partial charge in [0.25, 0.3) is 10.1 Å². The highest BCUT2D eigenvalue weighted by Crippen LogP contribution is 2.13. The van der Waals surface area contributed by atoms with Crippen molar-refractivity contribution in [2.45, 2.75) is 30.8 Å². The summed E-state index contributed by atoms with van der Waals surface area (Å²) >= 11 is 0. The van der Waals surface area contributed by atoms with Gasteiger partial charge in [0.2, 0.25) is 0 Å². The van der Waals surface area contributed by atoms with Gasteiger partial charge >= 0.3 is 0 Å². The molecule has 0 spiro atoms. The fourth-order valence-electron chi connectivity index (χ4n) is 4.51. The van der Waals surface area contributed by atoms with E-state index in [1.807, 2.05) is 6.92 Å². The summed E-state index contributed by atoms with van der Waals surface area (Å²) in [6.45, 7) is 14.8. The maximum Gasteiger partial charge on any atom is 0.297 e. The lowest BCUT2D eigenvalue weighted by Crippen LogP contribution is -2.33. The fraction of sp³-hybridized carbons (Fsp3) is 0.833. The van der Waals surface area contributed by atoms with Crippen LogP contribution in [0.15, 0.2) is 29.2 Å². The second-order valence-electron chi connectivity index (χ2n) is 11.6. The first kappa shape index (κ1) is 47.8. The standard InChI is InChI=1S/C36H65NO15S/c1-34-2-4-36(5-3-34)53(38,39)52-33-31-50-29-27-48-25-23-46-21-19-44-17-15-42-13-11-40-10-12-41-14-16-43-18-20-45-22-24-47-26-28-49-30-32-51-35-6-8-37-9-7-35/h2-5,35,37H,6-33H2,1H3. The van der Waals surface area contributed by atoms with Gasteiger partial charge in [0.05, 0.1) is 170 Å². The molecule has 310 valence electrons. The van der Waals surface area contributed by atoms with Crippen LogP contribution in [0.5, 0.6) is 0 Å². The smallest absolute Gasteiger partial charge is 0.297 e. The molecule has 1 aliphatic rings. The second-order valence-corrected chi connectivity index (χ2v) is 13.3. The minimum Gasteiger partial charge on any atom is -0.377 e. The van der Waals surface area contributed by atoms with Crippen LogP contribution in [-0.2, 0) is 71.1 Å². The van der Waals surface area contributed by atoms with E-state index in [9.17, 15) is 8.42 Å². The Morgan fingerprint density at radius 2 is 0.736 bits per heavy atom. The molecule has 0 aliphatic carbocycles. The third-order valence-electron chi connectivity index (χ3n) is 7.36. The highest BCUT2D eigenvalue weighted by molar-refractivity contribution is 7.86.